The Balaban J connectivity index is 1.76. The third kappa shape index (κ3) is 4.62. The fraction of sp³-hybridized carbons (Fsp3) is 0.600. The number of ketones is 1. The minimum atomic E-state index is -2.98. The number of aromatic nitrogens is 3. The highest BCUT2D eigenvalue weighted by molar-refractivity contribution is 7.99. The van der Waals surface area contributed by atoms with Crippen molar-refractivity contribution in [1.82, 2.24) is 14.1 Å². The van der Waals surface area contributed by atoms with Gasteiger partial charge < -0.3 is 13.9 Å². The van der Waals surface area contributed by atoms with E-state index in [0.29, 0.717) is 25.1 Å². The summed E-state index contributed by atoms with van der Waals surface area (Å²) in [5, 5.41) is 0.820. The Bertz CT molecular complexity index is 1020. The van der Waals surface area contributed by atoms with Gasteiger partial charge in [-0.2, -0.15) is 0 Å². The lowest BCUT2D eigenvalue weighted by Crippen LogP contribution is -2.14. The summed E-state index contributed by atoms with van der Waals surface area (Å²) in [6, 6.07) is 1.81. The van der Waals surface area contributed by atoms with Crippen LogP contribution in [0.1, 0.15) is 45.6 Å². The van der Waals surface area contributed by atoms with E-state index in [2.05, 4.69) is 9.55 Å². The van der Waals surface area contributed by atoms with Crippen LogP contribution >= 0.6 is 11.8 Å². The molecular formula is C20H29N3O4S2. The molecule has 1 saturated heterocycles. The topological polar surface area (TPSA) is 83.2 Å². The predicted octanol–water partition coefficient (Wildman–Crippen LogP) is 2.90. The monoisotopic (exact) mass is 439 g/mol. The molecule has 0 saturated carbocycles. The number of rotatable bonds is 8. The van der Waals surface area contributed by atoms with Crippen molar-refractivity contribution in [2.45, 2.75) is 51.9 Å². The Morgan fingerprint density at radius 2 is 2.00 bits per heavy atom. The Morgan fingerprint density at radius 3 is 2.62 bits per heavy atom. The van der Waals surface area contributed by atoms with Crippen molar-refractivity contribution < 1.29 is 17.9 Å². The van der Waals surface area contributed by atoms with Crippen LogP contribution in [0.2, 0.25) is 0 Å². The van der Waals surface area contributed by atoms with Gasteiger partial charge in [0.25, 0.3) is 0 Å². The standard InChI is InChI=1S/C20H29N3O4S2/c1-13-10-18(16(4)23(13)17-6-9-29(25,26)12-17)19(24)11-28-20-21-14(2)15(3)22(20)7-8-27-5/h10,17H,6-9,11-12H2,1-5H3/t17-/m0/s1. The number of carbonyl (C=O) groups excluding carboxylic acids is 1. The molecule has 7 nitrogen and oxygen atoms in total. The summed E-state index contributed by atoms with van der Waals surface area (Å²) in [6.45, 7) is 9.12. The highest BCUT2D eigenvalue weighted by atomic mass is 32.2. The van der Waals surface area contributed by atoms with Gasteiger partial charge in [0.15, 0.2) is 20.8 Å². The number of carbonyl (C=O) groups is 1. The molecule has 0 aliphatic carbocycles. The zero-order valence-electron chi connectivity index (χ0n) is 17.7. The number of Topliss-reactive ketones (excluding diaryl/α,β-unsaturated/α-hetero) is 1. The van der Waals surface area contributed by atoms with Crippen LogP contribution < -0.4 is 0 Å². The molecule has 9 heteroatoms. The minimum Gasteiger partial charge on any atom is -0.383 e. The molecule has 1 aliphatic heterocycles. The fourth-order valence-electron chi connectivity index (χ4n) is 3.99. The van der Waals surface area contributed by atoms with Crippen LogP contribution in [0.3, 0.4) is 0 Å². The zero-order chi connectivity index (χ0) is 21.3. The number of hydrogen-bond acceptors (Lipinski definition) is 6. The van der Waals surface area contributed by atoms with Gasteiger partial charge in [-0.05, 0) is 40.2 Å². The highest BCUT2D eigenvalue weighted by Gasteiger charge is 2.31. The van der Waals surface area contributed by atoms with Crippen LogP contribution in [0.25, 0.3) is 0 Å². The Kier molecular flexibility index (Phi) is 6.60. The summed E-state index contributed by atoms with van der Waals surface area (Å²) in [5.41, 5.74) is 4.49. The second-order valence-corrected chi connectivity index (χ2v) is 10.8. The summed E-state index contributed by atoms with van der Waals surface area (Å²) >= 11 is 1.43. The van der Waals surface area contributed by atoms with Gasteiger partial charge in [0.1, 0.15) is 0 Å². The lowest BCUT2D eigenvalue weighted by molar-refractivity contribution is 0.102. The van der Waals surface area contributed by atoms with E-state index in [0.717, 1.165) is 27.9 Å². The number of aryl methyl sites for hydroxylation is 2. The van der Waals surface area contributed by atoms with Crippen LogP contribution in [0.15, 0.2) is 11.2 Å². The van der Waals surface area contributed by atoms with Crippen molar-refractivity contribution in [1.29, 1.82) is 0 Å². The average Bonchev–Trinajstić information content (AvgIpc) is 3.25. The first-order valence-electron chi connectivity index (χ1n) is 9.72. The number of imidazole rings is 1. The van der Waals surface area contributed by atoms with E-state index in [1.165, 1.54) is 11.8 Å². The Labute approximate surface area is 176 Å². The van der Waals surface area contributed by atoms with E-state index in [1.807, 2.05) is 38.3 Å². The van der Waals surface area contributed by atoms with Crippen molar-refractivity contribution >= 4 is 27.4 Å². The number of thioether (sulfide) groups is 1. The summed E-state index contributed by atoms with van der Waals surface area (Å²) in [7, 11) is -1.31. The van der Waals surface area contributed by atoms with Crippen LogP contribution in [0.5, 0.6) is 0 Å². The van der Waals surface area contributed by atoms with Crippen molar-refractivity contribution in [3.8, 4) is 0 Å². The molecule has 2 aromatic rings. The van der Waals surface area contributed by atoms with Crippen LogP contribution in [0, 0.1) is 27.7 Å². The van der Waals surface area contributed by atoms with Gasteiger partial charge in [-0.25, -0.2) is 13.4 Å². The first-order valence-corrected chi connectivity index (χ1v) is 12.5. The molecule has 0 aromatic carbocycles. The molecule has 0 unspecified atom stereocenters. The molecule has 0 spiro atoms. The molecule has 160 valence electrons. The first-order chi connectivity index (χ1) is 13.6. The lowest BCUT2D eigenvalue weighted by atomic mass is 10.2. The van der Waals surface area contributed by atoms with Gasteiger partial charge in [-0.3, -0.25) is 4.79 Å². The molecule has 3 rings (SSSR count). The fourth-order valence-corrected chi connectivity index (χ4v) is 6.69. The second-order valence-electron chi connectivity index (χ2n) is 7.63. The number of hydrogen-bond donors (Lipinski definition) is 0. The van der Waals surface area contributed by atoms with E-state index in [9.17, 15) is 13.2 Å². The van der Waals surface area contributed by atoms with Crippen molar-refractivity contribution in [2.24, 2.45) is 0 Å². The Hall–Kier alpha value is -1.58. The number of nitrogens with zero attached hydrogens (tertiary/aromatic N) is 3. The molecule has 29 heavy (non-hydrogen) atoms. The molecular weight excluding hydrogens is 410 g/mol. The van der Waals surface area contributed by atoms with E-state index >= 15 is 0 Å². The van der Waals surface area contributed by atoms with Crippen molar-refractivity contribution in [3.63, 3.8) is 0 Å². The molecule has 1 atom stereocenters. The average molecular weight is 440 g/mol. The lowest BCUT2D eigenvalue weighted by Gasteiger charge is -2.16. The summed E-state index contributed by atoms with van der Waals surface area (Å²) in [4.78, 5) is 17.5. The van der Waals surface area contributed by atoms with Crippen LogP contribution in [-0.2, 0) is 21.1 Å². The first kappa shape index (κ1) is 22.1. The quantitative estimate of drug-likeness (QED) is 0.465. The Morgan fingerprint density at radius 1 is 1.28 bits per heavy atom. The van der Waals surface area contributed by atoms with E-state index in [4.69, 9.17) is 4.74 Å². The molecule has 0 radical (unpaired) electrons. The number of sulfone groups is 1. The van der Waals surface area contributed by atoms with Crippen LogP contribution in [-0.4, -0.2) is 59.3 Å². The summed E-state index contributed by atoms with van der Waals surface area (Å²) < 4.78 is 33.0. The maximum Gasteiger partial charge on any atom is 0.175 e. The normalized spacial score (nSPS) is 18.4. The van der Waals surface area contributed by atoms with Gasteiger partial charge in [0.05, 0.1) is 29.6 Å². The third-order valence-corrected chi connectivity index (χ3v) is 8.36. The van der Waals surface area contributed by atoms with Crippen molar-refractivity contribution in [3.05, 3.63) is 34.4 Å². The molecule has 0 amide bonds. The van der Waals surface area contributed by atoms with Crippen LogP contribution in [0.4, 0.5) is 0 Å². The maximum atomic E-state index is 12.9. The zero-order valence-corrected chi connectivity index (χ0v) is 19.3. The van der Waals surface area contributed by atoms with E-state index in [-0.39, 0.29) is 29.1 Å². The van der Waals surface area contributed by atoms with E-state index < -0.39 is 9.84 Å². The smallest absolute Gasteiger partial charge is 0.175 e. The van der Waals surface area contributed by atoms with E-state index in [1.54, 1.807) is 7.11 Å². The third-order valence-electron chi connectivity index (χ3n) is 5.63. The van der Waals surface area contributed by atoms with Gasteiger partial charge in [-0.15, -0.1) is 0 Å². The van der Waals surface area contributed by atoms with Crippen molar-refractivity contribution in [2.75, 3.05) is 31.0 Å². The van der Waals surface area contributed by atoms with Gasteiger partial charge in [-0.1, -0.05) is 11.8 Å². The molecule has 0 N–H and O–H groups in total. The summed E-state index contributed by atoms with van der Waals surface area (Å²) in [6.07, 6.45) is 0.608. The summed E-state index contributed by atoms with van der Waals surface area (Å²) in [5.74, 6) is 0.695. The number of methoxy groups -OCH3 is 1. The number of ether oxygens (including phenoxy) is 1. The molecule has 1 fully saturated rings. The maximum absolute atomic E-state index is 12.9. The SMILES string of the molecule is COCCn1c(SCC(=O)c2cc(C)n([C@H]3CCS(=O)(=O)C3)c2C)nc(C)c1C. The largest absolute Gasteiger partial charge is 0.383 e. The second kappa shape index (κ2) is 8.65. The minimum absolute atomic E-state index is 0.0341. The predicted molar refractivity (Wildman–Crippen MR) is 115 cm³/mol. The highest BCUT2D eigenvalue weighted by Crippen LogP contribution is 2.30. The molecule has 1 aliphatic rings. The molecule has 0 bridgehead atoms. The molecule has 3 heterocycles. The molecule has 2 aromatic heterocycles. The van der Waals surface area contributed by atoms with Gasteiger partial charge >= 0.3 is 0 Å². The van der Waals surface area contributed by atoms with Gasteiger partial charge in [0.2, 0.25) is 0 Å². The van der Waals surface area contributed by atoms with Gasteiger partial charge in [0, 0.05) is 42.3 Å².